The van der Waals surface area contributed by atoms with Crippen LogP contribution in [0.15, 0.2) is 63.4 Å². The zero-order valence-corrected chi connectivity index (χ0v) is 26.8. The van der Waals surface area contributed by atoms with E-state index >= 15 is 0 Å². The molecule has 246 valence electrons. The smallest absolute Gasteiger partial charge is 0.393 e. The molecule has 3 unspecified atom stereocenters. The van der Waals surface area contributed by atoms with E-state index in [-0.39, 0.29) is 28.9 Å². The van der Waals surface area contributed by atoms with E-state index in [2.05, 4.69) is 38.8 Å². The molecule has 0 aliphatic heterocycles. The molecule has 0 amide bonds. The molecule has 1 aliphatic rings. The van der Waals surface area contributed by atoms with Crippen LogP contribution in [0.3, 0.4) is 0 Å². The van der Waals surface area contributed by atoms with E-state index in [0.29, 0.717) is 42.4 Å². The van der Waals surface area contributed by atoms with Gasteiger partial charge in [0.25, 0.3) is 5.88 Å². The Hall–Kier alpha value is -3.46. The number of allylic oxidation sites excluding steroid dienone is 1. The molecule has 3 atom stereocenters. The average molecular weight is 651 g/mol. The van der Waals surface area contributed by atoms with Crippen molar-refractivity contribution in [2.24, 2.45) is 9.98 Å². The summed E-state index contributed by atoms with van der Waals surface area (Å²) in [6.45, 7) is 8.24. The van der Waals surface area contributed by atoms with Crippen LogP contribution in [0.4, 0.5) is 13.2 Å². The molecule has 1 aromatic heterocycles. The van der Waals surface area contributed by atoms with Crippen molar-refractivity contribution in [1.29, 1.82) is 0 Å². The van der Waals surface area contributed by atoms with Gasteiger partial charge in [-0.15, -0.1) is 22.0 Å². The first kappa shape index (κ1) is 36.0. The fraction of sp³-hybridized carbons (Fsp3) is 0.484. The molecule has 0 radical (unpaired) electrons. The van der Waals surface area contributed by atoms with Crippen LogP contribution in [0.1, 0.15) is 31.2 Å². The predicted octanol–water partition coefficient (Wildman–Crippen LogP) is 5.25. The van der Waals surface area contributed by atoms with E-state index in [1.54, 1.807) is 13.2 Å². The van der Waals surface area contributed by atoms with Crippen LogP contribution in [-0.2, 0) is 11.3 Å². The number of likely N-dealkylation sites (N-methyl/N-ethyl adjacent to an activating group) is 1. The van der Waals surface area contributed by atoms with Gasteiger partial charge in [0, 0.05) is 36.8 Å². The topological polar surface area (TPSA) is 114 Å². The minimum Gasteiger partial charge on any atom is -0.491 e. The Bertz CT molecular complexity index is 1340. The first-order valence-electron chi connectivity index (χ1n) is 14.3. The van der Waals surface area contributed by atoms with Gasteiger partial charge in [-0.3, -0.25) is 4.90 Å². The Morgan fingerprint density at radius 3 is 2.51 bits per heavy atom. The largest absolute Gasteiger partial charge is 0.491 e. The first-order valence-corrected chi connectivity index (χ1v) is 15.2. The van der Waals surface area contributed by atoms with E-state index in [0.717, 1.165) is 35.7 Å². The van der Waals surface area contributed by atoms with Gasteiger partial charge < -0.3 is 24.6 Å². The molecular formula is C31H41F3N6O4S. The van der Waals surface area contributed by atoms with Gasteiger partial charge >= 0.3 is 12.2 Å². The zero-order chi connectivity index (χ0) is 33.0. The van der Waals surface area contributed by atoms with Crippen LogP contribution < -0.4 is 14.8 Å². The predicted molar refractivity (Wildman–Crippen MR) is 172 cm³/mol. The molecule has 1 aromatic carbocycles. The number of amidine groups is 1. The summed E-state index contributed by atoms with van der Waals surface area (Å²) in [5.41, 5.74) is 3.16. The second-order valence-electron chi connectivity index (χ2n) is 10.6. The highest BCUT2D eigenvalue weighted by molar-refractivity contribution is 8.03. The zero-order valence-electron chi connectivity index (χ0n) is 26.0. The number of aliphatic imine (C=N–C) groups is 2. The van der Waals surface area contributed by atoms with Crippen LogP contribution in [0, 0.1) is 0 Å². The molecule has 0 saturated heterocycles. The summed E-state index contributed by atoms with van der Waals surface area (Å²) >= 11 is 0.938. The number of aromatic nitrogens is 2. The Kier molecular flexibility index (Phi) is 13.8. The summed E-state index contributed by atoms with van der Waals surface area (Å²) in [5, 5.41) is 22.8. The number of nitrogens with zero attached hydrogens (tertiary/aromatic N) is 5. The van der Waals surface area contributed by atoms with E-state index in [1.165, 1.54) is 20.3 Å². The summed E-state index contributed by atoms with van der Waals surface area (Å²) in [6, 6.07) is 9.74. The number of methoxy groups -OCH3 is 3. The van der Waals surface area contributed by atoms with Crippen LogP contribution in [0.25, 0.3) is 11.3 Å². The average Bonchev–Trinajstić information content (AvgIpc) is 3.01. The number of thioether (sulfide) groups is 1. The van der Waals surface area contributed by atoms with Crippen molar-refractivity contribution in [2.45, 2.75) is 56.6 Å². The van der Waals surface area contributed by atoms with Crippen LogP contribution in [0.2, 0.25) is 0 Å². The van der Waals surface area contributed by atoms with Crippen molar-refractivity contribution < 1.29 is 32.5 Å². The lowest BCUT2D eigenvalue weighted by molar-refractivity contribution is -0.125. The summed E-state index contributed by atoms with van der Waals surface area (Å²) in [7, 11) is 6.27. The molecule has 0 spiro atoms. The Morgan fingerprint density at radius 2 is 1.91 bits per heavy atom. The van der Waals surface area contributed by atoms with Gasteiger partial charge in [-0.25, -0.2) is 9.98 Å². The van der Waals surface area contributed by atoms with Gasteiger partial charge in [0.1, 0.15) is 0 Å². The summed E-state index contributed by atoms with van der Waals surface area (Å²) in [5.74, 6) is 0.824. The lowest BCUT2D eigenvalue weighted by atomic mass is 9.87. The molecule has 1 saturated carbocycles. The van der Waals surface area contributed by atoms with Gasteiger partial charge in [-0.2, -0.15) is 13.2 Å². The van der Waals surface area contributed by atoms with Gasteiger partial charge in [-0.1, -0.05) is 30.8 Å². The third kappa shape index (κ3) is 11.4. The number of benzene rings is 1. The molecule has 2 aromatic rings. The van der Waals surface area contributed by atoms with Gasteiger partial charge in [-0.05, 0) is 55.1 Å². The first-order chi connectivity index (χ1) is 21.5. The molecule has 1 fully saturated rings. The number of alkyl halides is 3. The van der Waals surface area contributed by atoms with Crippen molar-refractivity contribution in [3.8, 4) is 22.9 Å². The summed E-state index contributed by atoms with van der Waals surface area (Å²) in [4.78, 5) is 9.57. The number of hydrogen-bond acceptors (Lipinski definition) is 10. The van der Waals surface area contributed by atoms with E-state index in [4.69, 9.17) is 14.2 Å². The quantitative estimate of drug-likeness (QED) is 0.161. The fourth-order valence-corrected chi connectivity index (χ4v) is 5.94. The molecule has 0 bridgehead atoms. The monoisotopic (exact) mass is 650 g/mol. The highest BCUT2D eigenvalue weighted by Gasteiger charge is 2.32. The fourth-order valence-electron chi connectivity index (χ4n) is 5.08. The van der Waals surface area contributed by atoms with E-state index < -0.39 is 18.7 Å². The number of hydrogen-bond donors (Lipinski definition) is 2. The standard InChI is InChI=1S/C31H41F3N6O4S/c1-20(13-24(16-31(32,33)34)45-19-37-30(35-2)44-6)18-40(3)26-12-11-23(14-27(26)41)36-17-21-7-9-22(10-8-21)25-15-28(42-4)29(43-5)39-38-25/h7-10,13,15,23,26-27,36,41H,1-2,11-12,14,16-19H2,3-6H3/b24-13-,37-30?. The third-order valence-corrected chi connectivity index (χ3v) is 8.18. The molecule has 45 heavy (non-hydrogen) atoms. The Labute approximate surface area is 266 Å². The molecule has 1 aliphatic carbocycles. The molecular weight excluding hydrogens is 609 g/mol. The molecule has 10 nitrogen and oxygen atoms in total. The Balaban J connectivity index is 1.51. The molecule has 3 rings (SSSR count). The Morgan fingerprint density at radius 1 is 1.18 bits per heavy atom. The molecule has 2 N–H and O–H groups in total. The SMILES string of the molecule is C=NC(=NCS/C(=C\C(=C)CN(C)C1CCC(NCc2ccc(-c3cc(OC)c(OC)nn3)cc2)CC1O)CC(F)(F)F)OC. The van der Waals surface area contributed by atoms with Crippen LogP contribution in [-0.4, -0.2) is 98.1 Å². The number of ether oxygens (including phenoxy) is 3. The third-order valence-electron chi connectivity index (χ3n) is 7.29. The normalized spacial score (nSPS) is 19.4. The second kappa shape index (κ2) is 17.3. The van der Waals surface area contributed by atoms with E-state index in [1.807, 2.05) is 36.2 Å². The molecule has 1 heterocycles. The van der Waals surface area contributed by atoms with Gasteiger partial charge in [0.2, 0.25) is 0 Å². The van der Waals surface area contributed by atoms with Crippen molar-refractivity contribution in [3.63, 3.8) is 0 Å². The van der Waals surface area contributed by atoms with Crippen molar-refractivity contribution in [1.82, 2.24) is 20.4 Å². The van der Waals surface area contributed by atoms with Gasteiger partial charge in [0.15, 0.2) is 5.75 Å². The van der Waals surface area contributed by atoms with Crippen LogP contribution in [0.5, 0.6) is 11.6 Å². The number of aliphatic hydroxyl groups is 1. The van der Waals surface area contributed by atoms with E-state index in [9.17, 15) is 18.3 Å². The lowest BCUT2D eigenvalue weighted by Crippen LogP contribution is -2.49. The number of aliphatic hydroxyl groups excluding tert-OH is 1. The maximum atomic E-state index is 13.2. The number of halogens is 3. The maximum Gasteiger partial charge on any atom is 0.393 e. The minimum atomic E-state index is -4.38. The molecule has 14 heteroatoms. The summed E-state index contributed by atoms with van der Waals surface area (Å²) < 4.78 is 54.9. The maximum absolute atomic E-state index is 13.2. The van der Waals surface area contributed by atoms with Gasteiger partial charge in [0.05, 0.1) is 45.4 Å². The van der Waals surface area contributed by atoms with Crippen LogP contribution >= 0.6 is 11.8 Å². The second-order valence-corrected chi connectivity index (χ2v) is 11.7. The van der Waals surface area contributed by atoms with Crippen molar-refractivity contribution in [3.05, 3.63) is 59.0 Å². The van der Waals surface area contributed by atoms with Crippen molar-refractivity contribution in [2.75, 3.05) is 40.8 Å². The van der Waals surface area contributed by atoms with Crippen molar-refractivity contribution >= 4 is 24.5 Å². The lowest BCUT2D eigenvalue weighted by Gasteiger charge is -2.39. The number of nitrogens with one attached hydrogen (secondary N) is 1. The number of rotatable bonds is 14. The highest BCUT2D eigenvalue weighted by Crippen LogP contribution is 2.33. The highest BCUT2D eigenvalue weighted by atomic mass is 32.2. The minimum absolute atomic E-state index is 0.000315. The summed E-state index contributed by atoms with van der Waals surface area (Å²) in [6.07, 6.45) is -2.48.